The van der Waals surface area contributed by atoms with Crippen molar-refractivity contribution < 1.29 is 4.79 Å². The Labute approximate surface area is 134 Å². The maximum Gasteiger partial charge on any atom is 0.242 e. The van der Waals surface area contributed by atoms with Gasteiger partial charge in [0.1, 0.15) is 25.0 Å². The number of imidazole rings is 1. The van der Waals surface area contributed by atoms with Gasteiger partial charge in [-0.05, 0) is 18.1 Å². The molecule has 0 aliphatic heterocycles. The average Bonchev–Trinajstić information content (AvgIpc) is 3.20. The summed E-state index contributed by atoms with van der Waals surface area (Å²) in [5.41, 5.74) is 1.88. The highest BCUT2D eigenvalue weighted by Gasteiger charge is 2.23. The zero-order valence-electron chi connectivity index (χ0n) is 13.2. The SMILES string of the molecule is CC[C@@H](C)[C@@H](NC(=O)Cn1cncn1)c1nc2ccccc2[nH]1. The van der Waals surface area contributed by atoms with Gasteiger partial charge in [0.25, 0.3) is 0 Å². The molecule has 2 atom stereocenters. The van der Waals surface area contributed by atoms with E-state index in [1.54, 1.807) is 0 Å². The number of nitrogens with zero attached hydrogens (tertiary/aromatic N) is 4. The van der Waals surface area contributed by atoms with Gasteiger partial charge in [0.15, 0.2) is 0 Å². The van der Waals surface area contributed by atoms with E-state index in [-0.39, 0.29) is 24.4 Å². The number of rotatable bonds is 6. The summed E-state index contributed by atoms with van der Waals surface area (Å²) >= 11 is 0. The Morgan fingerprint density at radius 2 is 2.22 bits per heavy atom. The first-order valence-corrected chi connectivity index (χ1v) is 7.73. The largest absolute Gasteiger partial charge is 0.344 e. The summed E-state index contributed by atoms with van der Waals surface area (Å²) in [6, 6.07) is 7.69. The molecule has 0 fully saturated rings. The van der Waals surface area contributed by atoms with Gasteiger partial charge in [-0.3, -0.25) is 4.79 Å². The molecule has 0 unspecified atom stereocenters. The molecule has 0 radical (unpaired) electrons. The van der Waals surface area contributed by atoms with E-state index < -0.39 is 0 Å². The highest BCUT2D eigenvalue weighted by molar-refractivity contribution is 5.77. The first-order valence-electron chi connectivity index (χ1n) is 7.73. The van der Waals surface area contributed by atoms with Crippen molar-refractivity contribution in [2.24, 2.45) is 5.92 Å². The van der Waals surface area contributed by atoms with Crippen LogP contribution in [0.1, 0.15) is 32.1 Å². The monoisotopic (exact) mass is 312 g/mol. The average molecular weight is 312 g/mol. The summed E-state index contributed by atoms with van der Waals surface area (Å²) in [5, 5.41) is 7.02. The lowest BCUT2D eigenvalue weighted by atomic mass is 9.98. The number of para-hydroxylation sites is 2. The normalized spacial score (nSPS) is 13.8. The van der Waals surface area contributed by atoms with E-state index in [9.17, 15) is 4.79 Å². The smallest absolute Gasteiger partial charge is 0.242 e. The first kappa shape index (κ1) is 15.2. The number of aromatic amines is 1. The molecular weight excluding hydrogens is 292 g/mol. The minimum absolute atomic E-state index is 0.110. The summed E-state index contributed by atoms with van der Waals surface area (Å²) in [6.45, 7) is 4.35. The lowest BCUT2D eigenvalue weighted by Gasteiger charge is -2.22. The summed E-state index contributed by atoms with van der Waals surface area (Å²) in [4.78, 5) is 24.1. The molecule has 2 aromatic heterocycles. The van der Waals surface area contributed by atoms with E-state index in [2.05, 4.69) is 39.2 Å². The highest BCUT2D eigenvalue weighted by Crippen LogP contribution is 2.24. The molecule has 0 saturated heterocycles. The molecule has 2 heterocycles. The quantitative estimate of drug-likeness (QED) is 0.729. The maximum atomic E-state index is 12.3. The van der Waals surface area contributed by atoms with Crippen LogP contribution in [0.3, 0.4) is 0 Å². The molecule has 1 aromatic carbocycles. The second-order valence-electron chi connectivity index (χ2n) is 5.66. The molecule has 3 rings (SSSR count). The van der Waals surface area contributed by atoms with Crippen LogP contribution in [0.15, 0.2) is 36.9 Å². The molecule has 0 bridgehead atoms. The van der Waals surface area contributed by atoms with Gasteiger partial charge >= 0.3 is 0 Å². The number of carbonyl (C=O) groups is 1. The Kier molecular flexibility index (Phi) is 4.36. The molecule has 7 heteroatoms. The fourth-order valence-corrected chi connectivity index (χ4v) is 2.52. The first-order chi connectivity index (χ1) is 11.2. The summed E-state index contributed by atoms with van der Waals surface area (Å²) < 4.78 is 1.50. The van der Waals surface area contributed by atoms with Crippen LogP contribution in [0.4, 0.5) is 0 Å². The molecule has 3 aromatic rings. The third kappa shape index (κ3) is 3.39. The molecule has 120 valence electrons. The van der Waals surface area contributed by atoms with Crippen LogP contribution >= 0.6 is 0 Å². The lowest BCUT2D eigenvalue weighted by molar-refractivity contribution is -0.123. The number of carbonyl (C=O) groups excluding carboxylic acids is 1. The topological polar surface area (TPSA) is 88.5 Å². The fourth-order valence-electron chi connectivity index (χ4n) is 2.52. The van der Waals surface area contributed by atoms with Crippen LogP contribution in [-0.4, -0.2) is 30.6 Å². The van der Waals surface area contributed by atoms with Gasteiger partial charge in [0.2, 0.25) is 5.91 Å². The molecule has 0 aliphatic carbocycles. The van der Waals surface area contributed by atoms with Gasteiger partial charge in [0, 0.05) is 0 Å². The fraction of sp³-hybridized carbons (Fsp3) is 0.375. The van der Waals surface area contributed by atoms with Gasteiger partial charge in [-0.25, -0.2) is 14.6 Å². The molecule has 0 spiro atoms. The number of fused-ring (bicyclic) bond motifs is 1. The van der Waals surface area contributed by atoms with Crippen LogP contribution in [0.5, 0.6) is 0 Å². The maximum absolute atomic E-state index is 12.3. The number of benzene rings is 1. The van der Waals surface area contributed by atoms with Crippen LogP contribution in [0.2, 0.25) is 0 Å². The van der Waals surface area contributed by atoms with Crippen molar-refractivity contribution in [2.45, 2.75) is 32.9 Å². The van der Waals surface area contributed by atoms with Crippen LogP contribution in [-0.2, 0) is 11.3 Å². The Balaban J connectivity index is 1.81. The predicted molar refractivity (Wildman–Crippen MR) is 86.5 cm³/mol. The lowest BCUT2D eigenvalue weighted by Crippen LogP contribution is -2.35. The van der Waals surface area contributed by atoms with E-state index in [0.29, 0.717) is 0 Å². The van der Waals surface area contributed by atoms with E-state index in [1.165, 1.54) is 17.3 Å². The number of hydrogen-bond acceptors (Lipinski definition) is 4. The second kappa shape index (κ2) is 6.60. The third-order valence-electron chi connectivity index (χ3n) is 4.00. The number of hydrogen-bond donors (Lipinski definition) is 2. The van der Waals surface area contributed by atoms with E-state index in [0.717, 1.165) is 23.3 Å². The van der Waals surface area contributed by atoms with Crippen LogP contribution in [0, 0.1) is 5.92 Å². The zero-order chi connectivity index (χ0) is 16.2. The second-order valence-corrected chi connectivity index (χ2v) is 5.66. The van der Waals surface area contributed by atoms with E-state index in [1.807, 2.05) is 24.3 Å². The molecule has 0 saturated carbocycles. The van der Waals surface area contributed by atoms with E-state index in [4.69, 9.17) is 0 Å². The van der Waals surface area contributed by atoms with Gasteiger partial charge in [-0.15, -0.1) is 0 Å². The third-order valence-corrected chi connectivity index (χ3v) is 4.00. The van der Waals surface area contributed by atoms with Crippen molar-refractivity contribution in [3.8, 4) is 0 Å². The Morgan fingerprint density at radius 1 is 1.39 bits per heavy atom. The Bertz CT molecular complexity index is 746. The molecular formula is C16H20N6O. The predicted octanol–water partition coefficient (Wildman–Crippen LogP) is 2.06. The summed E-state index contributed by atoms with van der Waals surface area (Å²) in [6.07, 6.45) is 3.88. The molecule has 1 amide bonds. The number of nitrogens with one attached hydrogen (secondary N) is 2. The van der Waals surface area contributed by atoms with E-state index >= 15 is 0 Å². The minimum Gasteiger partial charge on any atom is -0.344 e. The summed E-state index contributed by atoms with van der Waals surface area (Å²) in [7, 11) is 0. The number of amides is 1. The zero-order valence-corrected chi connectivity index (χ0v) is 13.2. The standard InChI is InChI=1S/C16H20N6O/c1-3-11(2)15(21-14(23)8-22-10-17-9-18-22)16-19-12-6-4-5-7-13(12)20-16/h4-7,9-11,15H,3,8H2,1-2H3,(H,19,20)(H,21,23)/t11-,15-/m1/s1. The van der Waals surface area contributed by atoms with Crippen molar-refractivity contribution >= 4 is 16.9 Å². The van der Waals surface area contributed by atoms with Crippen molar-refractivity contribution in [3.05, 3.63) is 42.7 Å². The van der Waals surface area contributed by atoms with Crippen LogP contribution in [0.25, 0.3) is 11.0 Å². The Hall–Kier alpha value is -2.70. The molecule has 0 aliphatic rings. The van der Waals surface area contributed by atoms with Crippen molar-refractivity contribution in [1.82, 2.24) is 30.0 Å². The molecule has 23 heavy (non-hydrogen) atoms. The number of aromatic nitrogens is 5. The molecule has 2 N–H and O–H groups in total. The minimum atomic E-state index is -0.163. The van der Waals surface area contributed by atoms with Gasteiger partial charge in [0.05, 0.1) is 17.1 Å². The van der Waals surface area contributed by atoms with Crippen LogP contribution < -0.4 is 5.32 Å². The van der Waals surface area contributed by atoms with Crippen molar-refractivity contribution in [2.75, 3.05) is 0 Å². The number of H-pyrrole nitrogens is 1. The van der Waals surface area contributed by atoms with Crippen molar-refractivity contribution in [3.63, 3.8) is 0 Å². The van der Waals surface area contributed by atoms with Gasteiger partial charge in [-0.1, -0.05) is 32.4 Å². The molecule has 7 nitrogen and oxygen atoms in total. The van der Waals surface area contributed by atoms with Crippen molar-refractivity contribution in [1.29, 1.82) is 0 Å². The summed E-state index contributed by atoms with van der Waals surface area (Å²) in [5.74, 6) is 0.934. The highest BCUT2D eigenvalue weighted by atomic mass is 16.2. The van der Waals surface area contributed by atoms with Gasteiger partial charge in [-0.2, -0.15) is 5.10 Å². The van der Waals surface area contributed by atoms with Gasteiger partial charge < -0.3 is 10.3 Å². The Morgan fingerprint density at radius 3 is 2.91 bits per heavy atom.